The summed E-state index contributed by atoms with van der Waals surface area (Å²) in [7, 11) is 1.61. The minimum absolute atomic E-state index is 0.257. The lowest BCUT2D eigenvalue weighted by Crippen LogP contribution is -2.30. The molecule has 0 amide bonds. The van der Waals surface area contributed by atoms with Crippen LogP contribution in [-0.4, -0.2) is 26.0 Å². The lowest BCUT2D eigenvalue weighted by Gasteiger charge is -2.19. The molecule has 1 N–H and O–H groups in total. The van der Waals surface area contributed by atoms with E-state index in [0.29, 0.717) is 18.1 Å². The molecule has 23 heavy (non-hydrogen) atoms. The fourth-order valence-electron chi connectivity index (χ4n) is 2.46. The van der Waals surface area contributed by atoms with Gasteiger partial charge < -0.3 is 14.8 Å². The van der Waals surface area contributed by atoms with Crippen LogP contribution in [0.4, 0.5) is 4.39 Å². The van der Waals surface area contributed by atoms with E-state index < -0.39 is 0 Å². The summed E-state index contributed by atoms with van der Waals surface area (Å²) >= 11 is 0. The van der Waals surface area contributed by atoms with Crippen LogP contribution in [0.3, 0.4) is 0 Å². The Kier molecular flexibility index (Phi) is 4.76. The van der Waals surface area contributed by atoms with Crippen molar-refractivity contribution in [1.29, 1.82) is 0 Å². The van der Waals surface area contributed by atoms with Gasteiger partial charge in [0.05, 0.1) is 12.7 Å². The number of hydrogen-bond acceptors (Lipinski definition) is 4. The third kappa shape index (κ3) is 3.62. The van der Waals surface area contributed by atoms with Crippen molar-refractivity contribution >= 4 is 5.84 Å². The van der Waals surface area contributed by atoms with Gasteiger partial charge in [0.15, 0.2) is 11.5 Å². The average molecular weight is 314 g/mol. The van der Waals surface area contributed by atoms with E-state index in [0.717, 1.165) is 36.5 Å². The first-order valence-corrected chi connectivity index (χ1v) is 7.61. The normalized spacial score (nSPS) is 13.9. The van der Waals surface area contributed by atoms with Crippen molar-refractivity contribution in [3.63, 3.8) is 0 Å². The van der Waals surface area contributed by atoms with Crippen LogP contribution in [0.5, 0.6) is 11.5 Å². The van der Waals surface area contributed by atoms with Crippen LogP contribution in [0.25, 0.3) is 0 Å². The number of benzene rings is 2. The Morgan fingerprint density at radius 1 is 1.17 bits per heavy atom. The molecular formula is C18H19FN2O2. The highest BCUT2D eigenvalue weighted by atomic mass is 19.1. The van der Waals surface area contributed by atoms with Gasteiger partial charge in [0.2, 0.25) is 0 Å². The van der Waals surface area contributed by atoms with Crippen molar-refractivity contribution in [3.05, 3.63) is 59.4 Å². The molecule has 1 aliphatic rings. The first kappa shape index (κ1) is 15.3. The number of nitrogens with zero attached hydrogens (tertiary/aromatic N) is 1. The zero-order valence-electron chi connectivity index (χ0n) is 13.0. The van der Waals surface area contributed by atoms with E-state index in [4.69, 9.17) is 9.47 Å². The second kappa shape index (κ2) is 7.13. The maximum atomic E-state index is 13.0. The molecule has 0 radical (unpaired) electrons. The molecule has 0 saturated heterocycles. The van der Waals surface area contributed by atoms with E-state index >= 15 is 0 Å². The standard InChI is InChI=1S/C18H19FN2O2/c1-22-16-5-2-4-15(18-20-10-3-11-21-18)17(16)23-12-13-6-8-14(19)9-7-13/h2,4-9H,3,10-12H2,1H3,(H,20,21). The highest BCUT2D eigenvalue weighted by molar-refractivity contribution is 6.02. The second-order valence-electron chi connectivity index (χ2n) is 5.26. The number of hydrogen-bond donors (Lipinski definition) is 1. The van der Waals surface area contributed by atoms with Crippen LogP contribution >= 0.6 is 0 Å². The van der Waals surface area contributed by atoms with Gasteiger partial charge in [0.1, 0.15) is 18.3 Å². The Morgan fingerprint density at radius 2 is 2.00 bits per heavy atom. The SMILES string of the molecule is COc1cccc(C2=NCCCN2)c1OCc1ccc(F)cc1. The number of halogens is 1. The van der Waals surface area contributed by atoms with Crippen LogP contribution in [-0.2, 0) is 6.61 Å². The van der Waals surface area contributed by atoms with Crippen molar-refractivity contribution in [1.82, 2.24) is 5.32 Å². The lowest BCUT2D eigenvalue weighted by atomic mass is 10.1. The van der Waals surface area contributed by atoms with Crippen LogP contribution in [0.1, 0.15) is 17.5 Å². The quantitative estimate of drug-likeness (QED) is 0.922. The zero-order chi connectivity index (χ0) is 16.1. The largest absolute Gasteiger partial charge is 0.493 e. The van der Waals surface area contributed by atoms with Gasteiger partial charge in [-0.3, -0.25) is 4.99 Å². The van der Waals surface area contributed by atoms with Gasteiger partial charge in [0.25, 0.3) is 0 Å². The molecule has 0 bridgehead atoms. The number of nitrogens with one attached hydrogen (secondary N) is 1. The topological polar surface area (TPSA) is 42.8 Å². The molecule has 0 fully saturated rings. The molecule has 120 valence electrons. The maximum absolute atomic E-state index is 13.0. The molecule has 1 heterocycles. The molecule has 4 nitrogen and oxygen atoms in total. The Hall–Kier alpha value is -2.56. The molecule has 0 spiro atoms. The fraction of sp³-hybridized carbons (Fsp3) is 0.278. The number of para-hydroxylation sites is 1. The summed E-state index contributed by atoms with van der Waals surface area (Å²) in [5.74, 6) is 1.86. The number of rotatable bonds is 5. The van der Waals surface area contributed by atoms with Gasteiger partial charge in [-0.25, -0.2) is 4.39 Å². The van der Waals surface area contributed by atoms with Gasteiger partial charge in [-0.05, 0) is 36.2 Å². The minimum Gasteiger partial charge on any atom is -0.493 e. The summed E-state index contributed by atoms with van der Waals surface area (Å²) in [6.45, 7) is 2.03. The lowest BCUT2D eigenvalue weighted by molar-refractivity contribution is 0.283. The summed E-state index contributed by atoms with van der Waals surface area (Å²) in [6.07, 6.45) is 1.03. The predicted molar refractivity (Wildman–Crippen MR) is 87.7 cm³/mol. The van der Waals surface area contributed by atoms with Gasteiger partial charge in [0, 0.05) is 13.1 Å². The smallest absolute Gasteiger partial charge is 0.172 e. The summed E-state index contributed by atoms with van der Waals surface area (Å²) in [5.41, 5.74) is 1.77. The molecule has 3 rings (SSSR count). The van der Waals surface area contributed by atoms with Crippen molar-refractivity contribution in [2.45, 2.75) is 13.0 Å². The first-order chi connectivity index (χ1) is 11.3. The fourth-order valence-corrected chi connectivity index (χ4v) is 2.46. The molecule has 2 aromatic rings. The molecule has 0 saturated carbocycles. The van der Waals surface area contributed by atoms with Gasteiger partial charge in [-0.1, -0.05) is 18.2 Å². The maximum Gasteiger partial charge on any atom is 0.172 e. The van der Waals surface area contributed by atoms with Crippen LogP contribution in [0.2, 0.25) is 0 Å². The third-order valence-corrected chi connectivity index (χ3v) is 3.65. The van der Waals surface area contributed by atoms with E-state index in [2.05, 4.69) is 10.3 Å². The number of methoxy groups -OCH3 is 1. The van der Waals surface area contributed by atoms with Gasteiger partial charge in [-0.15, -0.1) is 0 Å². The molecule has 0 unspecified atom stereocenters. The molecule has 0 aromatic heterocycles. The first-order valence-electron chi connectivity index (χ1n) is 7.61. The molecule has 2 aromatic carbocycles. The van der Waals surface area contributed by atoms with Crippen molar-refractivity contribution in [2.24, 2.45) is 4.99 Å². The molecule has 0 aliphatic carbocycles. The third-order valence-electron chi connectivity index (χ3n) is 3.65. The Morgan fingerprint density at radius 3 is 2.70 bits per heavy atom. The monoisotopic (exact) mass is 314 g/mol. The summed E-state index contributed by atoms with van der Waals surface area (Å²) in [4.78, 5) is 4.52. The van der Waals surface area contributed by atoms with E-state index in [9.17, 15) is 4.39 Å². The van der Waals surface area contributed by atoms with Crippen LogP contribution in [0.15, 0.2) is 47.5 Å². The van der Waals surface area contributed by atoms with E-state index in [1.54, 1.807) is 19.2 Å². The highest BCUT2D eigenvalue weighted by Crippen LogP contribution is 2.32. The van der Waals surface area contributed by atoms with E-state index in [-0.39, 0.29) is 5.82 Å². The van der Waals surface area contributed by atoms with Crippen LogP contribution in [0, 0.1) is 5.82 Å². The summed E-state index contributed by atoms with van der Waals surface area (Å²) < 4.78 is 24.4. The zero-order valence-corrected chi connectivity index (χ0v) is 13.0. The van der Waals surface area contributed by atoms with Crippen molar-refractivity contribution < 1.29 is 13.9 Å². The summed E-state index contributed by atoms with van der Waals surface area (Å²) in [6, 6.07) is 12.0. The van der Waals surface area contributed by atoms with Gasteiger partial charge in [-0.2, -0.15) is 0 Å². The highest BCUT2D eigenvalue weighted by Gasteiger charge is 2.17. The van der Waals surface area contributed by atoms with Crippen LogP contribution < -0.4 is 14.8 Å². The van der Waals surface area contributed by atoms with Gasteiger partial charge >= 0.3 is 0 Å². The minimum atomic E-state index is -0.257. The van der Waals surface area contributed by atoms with E-state index in [1.165, 1.54) is 12.1 Å². The number of ether oxygens (including phenoxy) is 2. The Balaban J connectivity index is 1.86. The van der Waals surface area contributed by atoms with Crippen molar-refractivity contribution in [2.75, 3.05) is 20.2 Å². The summed E-state index contributed by atoms with van der Waals surface area (Å²) in [5, 5.41) is 3.30. The second-order valence-corrected chi connectivity index (χ2v) is 5.26. The Labute approximate surface area is 135 Å². The average Bonchev–Trinajstić information content (AvgIpc) is 2.61. The Bertz CT molecular complexity index is 699. The van der Waals surface area contributed by atoms with Crippen molar-refractivity contribution in [3.8, 4) is 11.5 Å². The molecular weight excluding hydrogens is 295 g/mol. The molecule has 5 heteroatoms. The molecule has 1 aliphatic heterocycles. The molecule has 0 atom stereocenters. The van der Waals surface area contributed by atoms with E-state index in [1.807, 2.05) is 18.2 Å². The number of amidine groups is 1. The number of aliphatic imine (C=N–C) groups is 1. The predicted octanol–water partition coefficient (Wildman–Crippen LogP) is 3.15.